The number of fused-ring (bicyclic) bond motifs is 1. The van der Waals surface area contributed by atoms with Gasteiger partial charge < -0.3 is 10.2 Å². The first-order valence-electron chi connectivity index (χ1n) is 13.2. The number of anilines is 2. The minimum atomic E-state index is -4.42. The lowest BCUT2D eigenvalue weighted by Crippen LogP contribution is -2.30. The SMILES string of the molecule is CC(=O)CN1CCC(c2cccc(N=C(C)N3CCCNc4ccc(-c5cccc(C(F)(F)F)c5)nc43)c2)C1. The molecular formula is C30H32F3N5O. The van der Waals surface area contributed by atoms with Crippen LogP contribution in [0.3, 0.4) is 0 Å². The summed E-state index contributed by atoms with van der Waals surface area (Å²) in [6.07, 6.45) is -2.56. The molecule has 0 amide bonds. The van der Waals surface area contributed by atoms with Gasteiger partial charge in [0.05, 0.1) is 29.2 Å². The molecule has 0 spiro atoms. The molecule has 0 radical (unpaired) electrons. The summed E-state index contributed by atoms with van der Waals surface area (Å²) in [7, 11) is 0. The van der Waals surface area contributed by atoms with Crippen molar-refractivity contribution in [3.05, 3.63) is 71.8 Å². The quantitative estimate of drug-likeness (QED) is 0.298. The highest BCUT2D eigenvalue weighted by Crippen LogP contribution is 2.35. The van der Waals surface area contributed by atoms with Gasteiger partial charge >= 0.3 is 6.18 Å². The highest BCUT2D eigenvalue weighted by atomic mass is 19.4. The molecule has 6 nitrogen and oxygen atoms in total. The number of ketones is 1. The van der Waals surface area contributed by atoms with Gasteiger partial charge in [-0.2, -0.15) is 13.2 Å². The lowest BCUT2D eigenvalue weighted by atomic mass is 9.98. The van der Waals surface area contributed by atoms with Gasteiger partial charge in [-0.05, 0) is 81.1 Å². The topological polar surface area (TPSA) is 60.8 Å². The maximum Gasteiger partial charge on any atom is 0.416 e. The highest BCUT2D eigenvalue weighted by Gasteiger charge is 2.31. The normalized spacial score (nSPS) is 18.4. The van der Waals surface area contributed by atoms with Crippen molar-refractivity contribution in [3.8, 4) is 11.3 Å². The van der Waals surface area contributed by atoms with E-state index in [2.05, 4.69) is 22.3 Å². The number of carbonyl (C=O) groups is 1. The number of carbonyl (C=O) groups excluding carboxylic acids is 1. The lowest BCUT2D eigenvalue weighted by molar-refractivity contribution is -0.137. The van der Waals surface area contributed by atoms with Gasteiger partial charge in [-0.15, -0.1) is 0 Å². The Morgan fingerprint density at radius 2 is 1.90 bits per heavy atom. The molecule has 0 saturated carbocycles. The molecule has 3 heterocycles. The summed E-state index contributed by atoms with van der Waals surface area (Å²) in [5.41, 5.74) is 3.05. The molecule has 2 aliphatic heterocycles. The number of benzene rings is 2. The molecule has 0 aliphatic carbocycles. The number of alkyl halides is 3. The van der Waals surface area contributed by atoms with Crippen LogP contribution < -0.4 is 10.2 Å². The van der Waals surface area contributed by atoms with Crippen LogP contribution in [0.4, 0.5) is 30.4 Å². The Morgan fingerprint density at radius 3 is 2.69 bits per heavy atom. The van der Waals surface area contributed by atoms with Gasteiger partial charge in [-0.1, -0.05) is 24.3 Å². The Balaban J connectivity index is 1.42. The second-order valence-electron chi connectivity index (χ2n) is 10.3. The minimum Gasteiger partial charge on any atom is -0.382 e. The summed E-state index contributed by atoms with van der Waals surface area (Å²) in [5.74, 6) is 1.95. The third-order valence-corrected chi connectivity index (χ3v) is 7.23. The number of rotatable bonds is 5. The molecule has 1 aromatic heterocycles. The van der Waals surface area contributed by atoms with Crippen molar-refractivity contribution in [1.29, 1.82) is 0 Å². The van der Waals surface area contributed by atoms with Crippen LogP contribution in [0.5, 0.6) is 0 Å². The number of aromatic nitrogens is 1. The summed E-state index contributed by atoms with van der Waals surface area (Å²) in [6.45, 7) is 7.26. The number of nitrogens with one attached hydrogen (secondary N) is 1. The maximum atomic E-state index is 13.3. The molecule has 5 rings (SSSR count). The zero-order chi connectivity index (χ0) is 27.6. The molecule has 1 saturated heterocycles. The second kappa shape index (κ2) is 11.2. The van der Waals surface area contributed by atoms with Crippen molar-refractivity contribution in [1.82, 2.24) is 9.88 Å². The molecule has 3 aromatic rings. The van der Waals surface area contributed by atoms with Crippen molar-refractivity contribution in [2.45, 2.75) is 38.8 Å². The van der Waals surface area contributed by atoms with Gasteiger partial charge in [0, 0.05) is 25.2 Å². The molecule has 2 aliphatic rings. The average molecular weight is 536 g/mol. The van der Waals surface area contributed by atoms with Crippen molar-refractivity contribution >= 4 is 28.8 Å². The predicted octanol–water partition coefficient (Wildman–Crippen LogP) is 6.52. The van der Waals surface area contributed by atoms with E-state index in [9.17, 15) is 18.0 Å². The van der Waals surface area contributed by atoms with Gasteiger partial charge in [-0.25, -0.2) is 9.98 Å². The van der Waals surface area contributed by atoms with Gasteiger partial charge in [0.1, 0.15) is 11.6 Å². The predicted molar refractivity (Wildman–Crippen MR) is 149 cm³/mol. The number of nitrogens with zero attached hydrogens (tertiary/aromatic N) is 4. The fraction of sp³-hybridized carbons (Fsp3) is 0.367. The average Bonchev–Trinajstić information content (AvgIpc) is 3.25. The van der Waals surface area contributed by atoms with Gasteiger partial charge in [-0.3, -0.25) is 9.69 Å². The number of likely N-dealkylation sites (tertiary alicyclic amines) is 1. The summed E-state index contributed by atoms with van der Waals surface area (Å²) < 4.78 is 39.9. The fourth-order valence-electron chi connectivity index (χ4n) is 5.35. The van der Waals surface area contributed by atoms with Crippen LogP contribution in [-0.2, 0) is 11.0 Å². The smallest absolute Gasteiger partial charge is 0.382 e. The number of hydrogen-bond donors (Lipinski definition) is 1. The van der Waals surface area contributed by atoms with Crippen LogP contribution in [0, 0.1) is 0 Å². The molecule has 0 bridgehead atoms. The van der Waals surface area contributed by atoms with Crippen LogP contribution in [-0.4, -0.2) is 54.2 Å². The molecule has 39 heavy (non-hydrogen) atoms. The van der Waals surface area contributed by atoms with E-state index >= 15 is 0 Å². The van der Waals surface area contributed by atoms with E-state index in [1.807, 2.05) is 30.0 Å². The van der Waals surface area contributed by atoms with E-state index in [0.29, 0.717) is 36.1 Å². The summed E-state index contributed by atoms with van der Waals surface area (Å²) in [6, 6.07) is 17.1. The molecule has 1 N–H and O–H groups in total. The summed E-state index contributed by atoms with van der Waals surface area (Å²) in [5, 5.41) is 3.38. The molecule has 1 fully saturated rings. The summed E-state index contributed by atoms with van der Waals surface area (Å²) in [4.78, 5) is 25.5. The number of amidine groups is 1. The van der Waals surface area contributed by atoms with Crippen LogP contribution in [0.15, 0.2) is 65.7 Å². The molecule has 9 heteroatoms. The van der Waals surface area contributed by atoms with Crippen LogP contribution >= 0.6 is 0 Å². The monoisotopic (exact) mass is 535 g/mol. The van der Waals surface area contributed by atoms with Crippen LogP contribution in [0.2, 0.25) is 0 Å². The van der Waals surface area contributed by atoms with E-state index in [1.165, 1.54) is 11.6 Å². The molecular weight excluding hydrogens is 503 g/mol. The van der Waals surface area contributed by atoms with Crippen molar-refractivity contribution < 1.29 is 18.0 Å². The van der Waals surface area contributed by atoms with Crippen molar-refractivity contribution in [2.75, 3.05) is 42.9 Å². The molecule has 1 atom stereocenters. The Kier molecular flexibility index (Phi) is 7.70. The van der Waals surface area contributed by atoms with Gasteiger partial charge in [0.25, 0.3) is 0 Å². The molecule has 204 valence electrons. The largest absolute Gasteiger partial charge is 0.416 e. The second-order valence-corrected chi connectivity index (χ2v) is 10.3. The Hall–Kier alpha value is -3.72. The summed E-state index contributed by atoms with van der Waals surface area (Å²) >= 11 is 0. The Bertz CT molecular complexity index is 1390. The molecule has 1 unspecified atom stereocenters. The van der Waals surface area contributed by atoms with E-state index < -0.39 is 11.7 Å². The van der Waals surface area contributed by atoms with Crippen molar-refractivity contribution in [2.24, 2.45) is 4.99 Å². The first-order valence-corrected chi connectivity index (χ1v) is 13.2. The Morgan fingerprint density at radius 1 is 1.08 bits per heavy atom. The number of halogens is 3. The zero-order valence-electron chi connectivity index (χ0n) is 22.1. The third-order valence-electron chi connectivity index (χ3n) is 7.23. The fourth-order valence-corrected chi connectivity index (χ4v) is 5.35. The minimum absolute atomic E-state index is 0.182. The van der Waals surface area contributed by atoms with Crippen molar-refractivity contribution in [3.63, 3.8) is 0 Å². The highest BCUT2D eigenvalue weighted by molar-refractivity contribution is 5.99. The maximum absolute atomic E-state index is 13.3. The van der Waals surface area contributed by atoms with Crippen LogP contribution in [0.25, 0.3) is 11.3 Å². The zero-order valence-corrected chi connectivity index (χ0v) is 22.1. The van der Waals surface area contributed by atoms with E-state index in [0.717, 1.165) is 61.8 Å². The van der Waals surface area contributed by atoms with Gasteiger partial charge in [0.15, 0.2) is 5.82 Å². The number of hydrogen-bond acceptors (Lipinski definition) is 5. The van der Waals surface area contributed by atoms with Crippen LogP contribution in [0.1, 0.15) is 43.7 Å². The van der Waals surface area contributed by atoms with Gasteiger partial charge in [0.2, 0.25) is 0 Å². The lowest BCUT2D eigenvalue weighted by Gasteiger charge is -2.23. The first kappa shape index (κ1) is 26.9. The van der Waals surface area contributed by atoms with E-state index in [-0.39, 0.29) is 5.78 Å². The number of aliphatic imine (C=N–C) groups is 1. The van der Waals surface area contributed by atoms with E-state index in [4.69, 9.17) is 9.98 Å². The standard InChI is InChI=1S/C30H32F3N5O/c1-20(39)18-37-15-12-24(19-37)22-6-4-9-26(17-22)35-21(2)38-14-5-13-34-28-11-10-27(36-29(28)38)23-7-3-8-25(16-23)30(31,32)33/h3-4,6-11,16-17,24,34H,5,12-15,18-19H2,1-2H3. The Labute approximate surface area is 226 Å². The number of pyridine rings is 1. The molecule has 2 aromatic carbocycles. The first-order chi connectivity index (χ1) is 18.7. The third kappa shape index (κ3) is 6.30. The van der Waals surface area contributed by atoms with E-state index in [1.54, 1.807) is 19.1 Å². The number of Topliss-reactive ketones (excluding diaryl/α,β-unsaturated/α-hetero) is 1.